The van der Waals surface area contributed by atoms with E-state index in [0.717, 1.165) is 16.9 Å². The monoisotopic (exact) mass is 284 g/mol. The summed E-state index contributed by atoms with van der Waals surface area (Å²) in [7, 11) is 0. The van der Waals surface area contributed by atoms with Crippen LogP contribution in [0.15, 0.2) is 64.8 Å². The molecule has 6 nitrogen and oxygen atoms in total. The first-order valence-electron chi connectivity index (χ1n) is 6.31. The van der Waals surface area contributed by atoms with Gasteiger partial charge in [0.25, 0.3) is 0 Å². The fourth-order valence-electron chi connectivity index (χ4n) is 1.57. The Morgan fingerprint density at radius 2 is 1.86 bits per heavy atom. The molecule has 0 unspecified atom stereocenters. The van der Waals surface area contributed by atoms with Crippen molar-refractivity contribution in [2.24, 2.45) is 15.9 Å². The highest BCUT2D eigenvalue weighted by molar-refractivity contribution is 5.81. The average molecular weight is 284 g/mol. The number of rotatable bonds is 5. The van der Waals surface area contributed by atoms with Crippen molar-refractivity contribution in [2.45, 2.75) is 6.61 Å². The molecule has 0 spiro atoms. The molecule has 2 aromatic carbocycles. The molecule has 0 saturated carbocycles. The first-order valence-corrected chi connectivity index (χ1v) is 6.31. The lowest BCUT2D eigenvalue weighted by atomic mass is 10.2. The number of nitrogens with one attached hydrogen (secondary N) is 1. The quantitative estimate of drug-likeness (QED) is 0.444. The zero-order valence-electron chi connectivity index (χ0n) is 11.3. The number of guanidine groups is 1. The summed E-state index contributed by atoms with van der Waals surface area (Å²) in [5, 5.41) is 15.6. The second kappa shape index (κ2) is 7.66. The molecule has 0 atom stereocenters. The number of hydroxylamine groups is 1. The Morgan fingerprint density at radius 1 is 1.14 bits per heavy atom. The highest BCUT2D eigenvalue weighted by atomic mass is 16.5. The van der Waals surface area contributed by atoms with E-state index in [-0.39, 0.29) is 5.96 Å². The maximum Gasteiger partial charge on any atom is 0.237 e. The molecule has 0 aliphatic rings. The van der Waals surface area contributed by atoms with Crippen LogP contribution in [0.2, 0.25) is 0 Å². The summed E-state index contributed by atoms with van der Waals surface area (Å²) in [5.41, 5.74) is 8.86. The Balaban J connectivity index is 1.90. The number of benzene rings is 2. The van der Waals surface area contributed by atoms with Crippen molar-refractivity contribution >= 4 is 12.2 Å². The SMILES string of the molecule is N/C(=N\N=C/c1ccc(OCc2ccccc2)cc1)NO. The summed E-state index contributed by atoms with van der Waals surface area (Å²) in [6.45, 7) is 0.525. The van der Waals surface area contributed by atoms with Crippen molar-refractivity contribution < 1.29 is 9.94 Å². The molecule has 0 saturated heterocycles. The summed E-state index contributed by atoms with van der Waals surface area (Å²) in [6, 6.07) is 17.3. The van der Waals surface area contributed by atoms with Crippen molar-refractivity contribution in [1.29, 1.82) is 0 Å². The van der Waals surface area contributed by atoms with Crippen LogP contribution in [-0.2, 0) is 6.61 Å². The number of nitrogens with two attached hydrogens (primary N) is 1. The summed E-state index contributed by atoms with van der Waals surface area (Å²) >= 11 is 0. The fraction of sp³-hybridized carbons (Fsp3) is 0.0667. The van der Waals surface area contributed by atoms with Crippen LogP contribution in [0.1, 0.15) is 11.1 Å². The number of hydrogen-bond donors (Lipinski definition) is 3. The summed E-state index contributed by atoms with van der Waals surface area (Å²) in [6.07, 6.45) is 1.52. The van der Waals surface area contributed by atoms with Gasteiger partial charge in [-0.2, -0.15) is 5.10 Å². The molecule has 2 rings (SSSR count). The molecular formula is C15H16N4O2. The lowest BCUT2D eigenvalue weighted by molar-refractivity contribution is 0.232. The Kier molecular flexibility index (Phi) is 5.31. The van der Waals surface area contributed by atoms with Gasteiger partial charge < -0.3 is 10.5 Å². The molecule has 6 heteroatoms. The summed E-state index contributed by atoms with van der Waals surface area (Å²) in [4.78, 5) is 0. The van der Waals surface area contributed by atoms with Crippen LogP contribution in [0.4, 0.5) is 0 Å². The minimum absolute atomic E-state index is 0.172. The standard InChI is InChI=1S/C15H16N4O2/c16-15(19-20)18-17-10-12-6-8-14(9-7-12)21-11-13-4-2-1-3-5-13/h1-10,20H,11H2,(H3,16,18,19)/b17-10-. The minimum Gasteiger partial charge on any atom is -0.489 e. The third-order valence-corrected chi connectivity index (χ3v) is 2.62. The molecule has 0 bridgehead atoms. The molecule has 0 radical (unpaired) electrons. The maximum absolute atomic E-state index is 8.43. The van der Waals surface area contributed by atoms with Gasteiger partial charge in [0, 0.05) is 0 Å². The second-order valence-electron chi connectivity index (χ2n) is 4.18. The lowest BCUT2D eigenvalue weighted by Gasteiger charge is -2.06. The highest BCUT2D eigenvalue weighted by Gasteiger charge is 1.95. The lowest BCUT2D eigenvalue weighted by Crippen LogP contribution is -2.27. The fourth-order valence-corrected chi connectivity index (χ4v) is 1.57. The normalized spacial score (nSPS) is 11.6. The zero-order chi connectivity index (χ0) is 14.9. The third kappa shape index (κ3) is 4.96. The first kappa shape index (κ1) is 14.5. The van der Waals surface area contributed by atoms with Crippen LogP contribution in [0.3, 0.4) is 0 Å². The highest BCUT2D eigenvalue weighted by Crippen LogP contribution is 2.13. The molecule has 2 aromatic rings. The van der Waals surface area contributed by atoms with E-state index in [0.29, 0.717) is 6.61 Å². The Morgan fingerprint density at radius 3 is 2.52 bits per heavy atom. The van der Waals surface area contributed by atoms with Crippen molar-refractivity contribution in [3.63, 3.8) is 0 Å². The van der Waals surface area contributed by atoms with E-state index < -0.39 is 0 Å². The van der Waals surface area contributed by atoms with Crippen LogP contribution in [0.5, 0.6) is 5.75 Å². The van der Waals surface area contributed by atoms with E-state index in [2.05, 4.69) is 10.2 Å². The van der Waals surface area contributed by atoms with Crippen LogP contribution in [-0.4, -0.2) is 17.4 Å². The van der Waals surface area contributed by atoms with Crippen molar-refractivity contribution in [2.75, 3.05) is 0 Å². The topological polar surface area (TPSA) is 92.2 Å². The number of nitrogens with zero attached hydrogens (tertiary/aromatic N) is 2. The third-order valence-electron chi connectivity index (χ3n) is 2.62. The summed E-state index contributed by atoms with van der Waals surface area (Å²) in [5.74, 6) is 0.602. The van der Waals surface area contributed by atoms with Gasteiger partial charge in [-0.25, -0.2) is 5.48 Å². The van der Waals surface area contributed by atoms with Crippen LogP contribution in [0.25, 0.3) is 0 Å². The van der Waals surface area contributed by atoms with Gasteiger partial charge in [0.2, 0.25) is 5.96 Å². The Labute approximate surface area is 122 Å². The first-order chi connectivity index (χ1) is 10.3. The molecule has 0 heterocycles. The van der Waals surface area contributed by atoms with Gasteiger partial charge in [-0.15, -0.1) is 5.10 Å². The Bertz CT molecular complexity index is 609. The molecule has 0 fully saturated rings. The van der Waals surface area contributed by atoms with Gasteiger partial charge in [-0.05, 0) is 35.4 Å². The van der Waals surface area contributed by atoms with Crippen molar-refractivity contribution in [1.82, 2.24) is 5.48 Å². The predicted octanol–water partition coefficient (Wildman–Crippen LogP) is 1.89. The van der Waals surface area contributed by atoms with Crippen molar-refractivity contribution in [3.05, 3.63) is 65.7 Å². The van der Waals surface area contributed by atoms with Gasteiger partial charge in [0.15, 0.2) is 0 Å². The van der Waals surface area contributed by atoms with Gasteiger partial charge >= 0.3 is 0 Å². The van der Waals surface area contributed by atoms with Gasteiger partial charge in [0.05, 0.1) is 6.21 Å². The number of ether oxygens (including phenoxy) is 1. The molecule has 4 N–H and O–H groups in total. The smallest absolute Gasteiger partial charge is 0.237 e. The summed E-state index contributed by atoms with van der Waals surface area (Å²) < 4.78 is 5.67. The molecule has 0 amide bonds. The van der Waals surface area contributed by atoms with Crippen LogP contribution >= 0.6 is 0 Å². The molecule has 108 valence electrons. The zero-order valence-corrected chi connectivity index (χ0v) is 11.3. The number of hydrogen-bond acceptors (Lipinski definition) is 4. The molecule has 21 heavy (non-hydrogen) atoms. The van der Waals surface area contributed by atoms with Crippen molar-refractivity contribution in [3.8, 4) is 5.75 Å². The van der Waals surface area contributed by atoms with Gasteiger partial charge in [-0.3, -0.25) is 5.21 Å². The molecule has 0 aromatic heterocycles. The minimum atomic E-state index is -0.172. The van der Waals surface area contributed by atoms with E-state index in [4.69, 9.17) is 15.7 Å². The molecular weight excluding hydrogens is 268 g/mol. The van der Waals surface area contributed by atoms with E-state index in [9.17, 15) is 0 Å². The van der Waals surface area contributed by atoms with E-state index in [1.807, 2.05) is 54.6 Å². The maximum atomic E-state index is 8.43. The molecule has 0 aliphatic heterocycles. The largest absolute Gasteiger partial charge is 0.489 e. The van der Waals surface area contributed by atoms with E-state index in [1.54, 1.807) is 5.48 Å². The predicted molar refractivity (Wildman–Crippen MR) is 81.4 cm³/mol. The van der Waals surface area contributed by atoms with Gasteiger partial charge in [-0.1, -0.05) is 30.3 Å². The van der Waals surface area contributed by atoms with E-state index in [1.165, 1.54) is 6.21 Å². The van der Waals surface area contributed by atoms with Gasteiger partial charge in [0.1, 0.15) is 12.4 Å². The molecule has 0 aliphatic carbocycles. The Hall–Kier alpha value is -2.86. The van der Waals surface area contributed by atoms with Crippen LogP contribution in [0, 0.1) is 0 Å². The second-order valence-corrected chi connectivity index (χ2v) is 4.18. The average Bonchev–Trinajstić information content (AvgIpc) is 2.55. The van der Waals surface area contributed by atoms with Crippen LogP contribution < -0.4 is 16.0 Å². The van der Waals surface area contributed by atoms with E-state index >= 15 is 0 Å².